The summed E-state index contributed by atoms with van der Waals surface area (Å²) in [5.41, 5.74) is -0.0351. The molecule has 1 fully saturated rings. The SMILES string of the molecule is O=C1C=CC=CC=CC=CC=CC=C2OC(=C1)CCOC(=O)C1=CC=CCN1C(=O)C2=O. The second-order valence-corrected chi connectivity index (χ2v) is 6.66. The molecule has 0 aromatic carbocycles. The zero-order valence-corrected chi connectivity index (χ0v) is 17.2. The van der Waals surface area contributed by atoms with Gasteiger partial charge in [0.2, 0.25) is 0 Å². The topological polar surface area (TPSA) is 90.0 Å². The lowest BCUT2D eigenvalue weighted by atomic mass is 10.2. The van der Waals surface area contributed by atoms with Crippen LogP contribution >= 0.6 is 0 Å². The summed E-state index contributed by atoms with van der Waals surface area (Å²) in [5.74, 6) is -3.20. The van der Waals surface area contributed by atoms with Crippen LogP contribution in [0.25, 0.3) is 0 Å². The Labute approximate surface area is 185 Å². The fraction of sp³-hybridized carbons (Fsp3) is 0.120. The highest BCUT2D eigenvalue weighted by molar-refractivity contribution is 6.42. The van der Waals surface area contributed by atoms with E-state index in [1.165, 1.54) is 24.3 Å². The molecule has 0 aliphatic carbocycles. The minimum absolute atomic E-state index is 0.0351. The van der Waals surface area contributed by atoms with Gasteiger partial charge in [-0.05, 0) is 18.2 Å². The van der Waals surface area contributed by atoms with Gasteiger partial charge in [0.25, 0.3) is 5.78 Å². The number of Topliss-reactive ketones (excluding diaryl/α,β-unsaturated/α-hetero) is 1. The molecular weight excluding hydrogens is 410 g/mol. The van der Waals surface area contributed by atoms with Gasteiger partial charge in [0, 0.05) is 19.0 Å². The van der Waals surface area contributed by atoms with E-state index in [0.717, 1.165) is 4.90 Å². The number of amides is 1. The van der Waals surface area contributed by atoms with Gasteiger partial charge in [-0.15, -0.1) is 0 Å². The van der Waals surface area contributed by atoms with Crippen molar-refractivity contribution in [3.05, 3.63) is 108 Å². The van der Waals surface area contributed by atoms with Crippen molar-refractivity contribution in [3.8, 4) is 0 Å². The summed E-state index contributed by atoms with van der Waals surface area (Å²) in [6, 6.07) is 0. The standard InChI is InChI=1S/C25H21NO6/c27-19-12-8-6-4-2-1-3-5-7-9-14-22-23(28)24(29)26-16-11-10-13-21(26)25(30)31-17-15-20(18-19)32-22/h1-14,18H,15-17H2. The van der Waals surface area contributed by atoms with Crippen molar-refractivity contribution in [2.75, 3.05) is 13.2 Å². The molecule has 0 radical (unpaired) electrons. The molecule has 3 aliphatic rings. The zero-order chi connectivity index (χ0) is 22.8. The molecule has 1 amide bonds. The Morgan fingerprint density at radius 1 is 0.781 bits per heavy atom. The normalized spacial score (nSPS) is 20.0. The van der Waals surface area contributed by atoms with Crippen LogP contribution in [0.4, 0.5) is 0 Å². The minimum Gasteiger partial charge on any atom is -0.461 e. The van der Waals surface area contributed by atoms with Crippen molar-refractivity contribution >= 4 is 23.4 Å². The number of fused-ring (bicyclic) bond motifs is 3. The van der Waals surface area contributed by atoms with E-state index in [-0.39, 0.29) is 42.6 Å². The van der Waals surface area contributed by atoms with Crippen LogP contribution in [0.1, 0.15) is 6.42 Å². The third kappa shape index (κ3) is 6.12. The zero-order valence-electron chi connectivity index (χ0n) is 17.2. The number of ether oxygens (including phenoxy) is 2. The van der Waals surface area contributed by atoms with Gasteiger partial charge in [-0.3, -0.25) is 19.3 Å². The van der Waals surface area contributed by atoms with Crippen molar-refractivity contribution in [3.63, 3.8) is 0 Å². The number of carbonyl (C=O) groups is 4. The van der Waals surface area contributed by atoms with E-state index in [4.69, 9.17) is 9.47 Å². The van der Waals surface area contributed by atoms with E-state index in [2.05, 4.69) is 0 Å². The molecule has 3 heterocycles. The van der Waals surface area contributed by atoms with Gasteiger partial charge < -0.3 is 9.47 Å². The molecule has 0 unspecified atom stereocenters. The molecule has 7 nitrogen and oxygen atoms in total. The molecule has 32 heavy (non-hydrogen) atoms. The van der Waals surface area contributed by atoms with Gasteiger partial charge in [0.1, 0.15) is 11.5 Å². The van der Waals surface area contributed by atoms with Crippen LogP contribution in [0.2, 0.25) is 0 Å². The maximum Gasteiger partial charge on any atom is 0.355 e. The number of cyclic esters (lactones) is 1. The summed E-state index contributed by atoms with van der Waals surface area (Å²) in [6.07, 6.45) is 23.9. The van der Waals surface area contributed by atoms with Crippen molar-refractivity contribution in [1.82, 2.24) is 4.90 Å². The van der Waals surface area contributed by atoms with E-state index in [1.807, 2.05) is 0 Å². The van der Waals surface area contributed by atoms with Crippen LogP contribution < -0.4 is 0 Å². The Balaban J connectivity index is 2.03. The van der Waals surface area contributed by atoms with Crippen molar-refractivity contribution in [1.29, 1.82) is 0 Å². The number of nitrogens with zero attached hydrogens (tertiary/aromatic N) is 1. The van der Waals surface area contributed by atoms with Crippen LogP contribution in [-0.4, -0.2) is 41.5 Å². The average Bonchev–Trinajstić information content (AvgIpc) is 2.80. The van der Waals surface area contributed by atoms with Gasteiger partial charge in [0.15, 0.2) is 11.5 Å². The van der Waals surface area contributed by atoms with E-state index >= 15 is 0 Å². The molecular formula is C25H21NO6. The van der Waals surface area contributed by atoms with Gasteiger partial charge >= 0.3 is 11.9 Å². The summed E-state index contributed by atoms with van der Waals surface area (Å²) in [4.78, 5) is 51.7. The molecule has 0 aromatic heterocycles. The molecule has 2 bridgehead atoms. The molecule has 0 saturated carbocycles. The molecule has 3 rings (SSSR count). The van der Waals surface area contributed by atoms with E-state index in [1.54, 1.807) is 66.8 Å². The lowest BCUT2D eigenvalue weighted by molar-refractivity contribution is -0.147. The molecule has 7 heteroatoms. The third-order valence-corrected chi connectivity index (χ3v) is 4.36. The van der Waals surface area contributed by atoms with Crippen LogP contribution in [0.15, 0.2) is 108 Å². The fourth-order valence-electron chi connectivity index (χ4n) is 2.83. The quantitative estimate of drug-likeness (QED) is 0.433. The van der Waals surface area contributed by atoms with Crippen molar-refractivity contribution in [2.45, 2.75) is 6.42 Å². The first-order chi connectivity index (χ1) is 15.6. The monoisotopic (exact) mass is 431 g/mol. The number of hydrogen-bond donors (Lipinski definition) is 0. The van der Waals surface area contributed by atoms with Crippen LogP contribution in [0, 0.1) is 0 Å². The second-order valence-electron chi connectivity index (χ2n) is 6.66. The summed E-state index contributed by atoms with van der Waals surface area (Å²) in [5, 5.41) is 0. The summed E-state index contributed by atoms with van der Waals surface area (Å²) < 4.78 is 10.9. The van der Waals surface area contributed by atoms with Crippen molar-refractivity contribution < 1.29 is 28.7 Å². The Kier molecular flexibility index (Phi) is 7.86. The van der Waals surface area contributed by atoms with Gasteiger partial charge in [0.05, 0.1) is 6.61 Å². The average molecular weight is 431 g/mol. The first-order valence-electron chi connectivity index (χ1n) is 9.94. The van der Waals surface area contributed by atoms with E-state index in [9.17, 15) is 19.2 Å². The van der Waals surface area contributed by atoms with Gasteiger partial charge in [-0.2, -0.15) is 0 Å². The molecule has 0 aromatic rings. The molecule has 0 spiro atoms. The summed E-state index contributed by atoms with van der Waals surface area (Å²) in [6.45, 7) is -0.0569. The number of rotatable bonds is 0. The van der Waals surface area contributed by atoms with Crippen LogP contribution in [0.3, 0.4) is 0 Å². The fourth-order valence-corrected chi connectivity index (χ4v) is 2.83. The Bertz CT molecular complexity index is 1080. The molecule has 3 aliphatic heterocycles. The number of carbonyl (C=O) groups excluding carboxylic acids is 4. The van der Waals surface area contributed by atoms with Crippen molar-refractivity contribution in [2.24, 2.45) is 0 Å². The highest BCUT2D eigenvalue weighted by Crippen LogP contribution is 2.20. The van der Waals surface area contributed by atoms with E-state index < -0.39 is 17.7 Å². The number of esters is 1. The van der Waals surface area contributed by atoms with E-state index in [0.29, 0.717) is 0 Å². The lowest BCUT2D eigenvalue weighted by Gasteiger charge is -2.23. The Hall–Kier alpha value is -4.26. The third-order valence-electron chi connectivity index (χ3n) is 4.36. The smallest absolute Gasteiger partial charge is 0.355 e. The maximum atomic E-state index is 13.0. The van der Waals surface area contributed by atoms with Crippen LogP contribution in [-0.2, 0) is 28.7 Å². The molecule has 0 atom stereocenters. The predicted octanol–water partition coefficient (Wildman–Crippen LogP) is 2.93. The first-order valence-corrected chi connectivity index (χ1v) is 9.94. The van der Waals surface area contributed by atoms with Crippen LogP contribution in [0.5, 0.6) is 0 Å². The highest BCUT2D eigenvalue weighted by atomic mass is 16.5. The Morgan fingerprint density at radius 2 is 1.47 bits per heavy atom. The predicted molar refractivity (Wildman–Crippen MR) is 117 cm³/mol. The number of ketones is 2. The van der Waals surface area contributed by atoms with Gasteiger partial charge in [-0.1, -0.05) is 66.8 Å². The molecule has 162 valence electrons. The summed E-state index contributed by atoms with van der Waals surface area (Å²) >= 11 is 0. The first kappa shape index (κ1) is 22.4. The lowest BCUT2D eigenvalue weighted by Crippen LogP contribution is -2.40. The summed E-state index contributed by atoms with van der Waals surface area (Å²) in [7, 11) is 0. The minimum atomic E-state index is -0.952. The maximum absolute atomic E-state index is 13.0. The largest absolute Gasteiger partial charge is 0.461 e. The molecule has 0 N–H and O–H groups in total. The molecule has 1 saturated heterocycles. The number of hydrogen-bond acceptors (Lipinski definition) is 6. The second kappa shape index (κ2) is 11.2. The Morgan fingerprint density at radius 3 is 2.22 bits per heavy atom. The highest BCUT2D eigenvalue weighted by Gasteiger charge is 2.33. The number of allylic oxidation sites excluding steroid dienone is 14. The van der Waals surface area contributed by atoms with Gasteiger partial charge in [-0.25, -0.2) is 4.79 Å².